The first-order valence-electron chi connectivity index (χ1n) is 5.74. The molecule has 0 saturated carbocycles. The van der Waals surface area contributed by atoms with Crippen molar-refractivity contribution in [2.24, 2.45) is 0 Å². The highest BCUT2D eigenvalue weighted by Crippen LogP contribution is 2.18. The number of fused-ring (bicyclic) bond motifs is 1. The molecule has 6 heteroatoms. The van der Waals surface area contributed by atoms with E-state index in [1.807, 2.05) is 0 Å². The Morgan fingerprint density at radius 3 is 2.74 bits per heavy atom. The Labute approximate surface area is 109 Å². The molecular weight excluding hydrogens is 248 g/mol. The fraction of sp³-hybridized carbons (Fsp3) is 0.231. The van der Waals surface area contributed by atoms with E-state index in [9.17, 15) is 9.59 Å². The second-order valence-corrected chi connectivity index (χ2v) is 3.87. The Balaban J connectivity index is 2.69. The van der Waals surface area contributed by atoms with E-state index < -0.39 is 5.97 Å². The van der Waals surface area contributed by atoms with Gasteiger partial charge >= 0.3 is 5.97 Å². The highest BCUT2D eigenvalue weighted by atomic mass is 16.5. The molecule has 0 atom stereocenters. The molecule has 1 aromatic heterocycles. The van der Waals surface area contributed by atoms with Crippen LogP contribution in [0.3, 0.4) is 0 Å². The monoisotopic (exact) mass is 262 g/mol. The van der Waals surface area contributed by atoms with Crippen molar-refractivity contribution in [1.82, 2.24) is 4.68 Å². The minimum absolute atomic E-state index is 0.0181. The van der Waals surface area contributed by atoms with Gasteiger partial charge in [0.2, 0.25) is 0 Å². The van der Waals surface area contributed by atoms with E-state index in [0.717, 1.165) is 4.68 Å². The Hall–Kier alpha value is -2.50. The molecule has 0 fully saturated rings. The van der Waals surface area contributed by atoms with Gasteiger partial charge in [0, 0.05) is 6.07 Å². The second-order valence-electron chi connectivity index (χ2n) is 3.87. The van der Waals surface area contributed by atoms with E-state index in [4.69, 9.17) is 15.3 Å². The van der Waals surface area contributed by atoms with E-state index in [0.29, 0.717) is 16.7 Å². The molecule has 1 heterocycles. The van der Waals surface area contributed by atoms with Crippen molar-refractivity contribution < 1.29 is 14.3 Å². The maximum Gasteiger partial charge on any atom is 0.357 e. The van der Waals surface area contributed by atoms with Gasteiger partial charge in [0.15, 0.2) is 11.1 Å². The lowest BCUT2D eigenvalue weighted by molar-refractivity contribution is 0.0516. The van der Waals surface area contributed by atoms with Crippen LogP contribution in [-0.4, -0.2) is 24.4 Å². The van der Waals surface area contributed by atoms with Crippen LogP contribution in [0, 0.1) is 0 Å². The number of pyridine rings is 1. The zero-order valence-electron chi connectivity index (χ0n) is 10.7. The number of benzene rings is 1. The van der Waals surface area contributed by atoms with Crippen LogP contribution in [0.1, 0.15) is 17.4 Å². The van der Waals surface area contributed by atoms with Crippen molar-refractivity contribution in [3.8, 4) is 5.75 Å². The summed E-state index contributed by atoms with van der Waals surface area (Å²) in [6.45, 7) is 1.90. The Bertz CT molecular complexity index is 691. The molecule has 2 rings (SSSR count). The summed E-state index contributed by atoms with van der Waals surface area (Å²) in [7, 11) is 1.51. The van der Waals surface area contributed by atoms with E-state index in [2.05, 4.69) is 0 Å². The molecule has 0 aliphatic rings. The Kier molecular flexibility index (Phi) is 3.41. The highest BCUT2D eigenvalue weighted by molar-refractivity contribution is 5.92. The van der Waals surface area contributed by atoms with Gasteiger partial charge in [0.25, 0.3) is 0 Å². The number of nitrogen functional groups attached to an aromatic ring is 1. The first-order chi connectivity index (χ1) is 9.08. The first kappa shape index (κ1) is 12.9. The summed E-state index contributed by atoms with van der Waals surface area (Å²) < 4.78 is 11.1. The van der Waals surface area contributed by atoms with Gasteiger partial charge in [-0.1, -0.05) is 0 Å². The lowest BCUT2D eigenvalue weighted by atomic mass is 10.2. The highest BCUT2D eigenvalue weighted by Gasteiger charge is 2.15. The third-order valence-electron chi connectivity index (χ3n) is 2.74. The maximum atomic E-state index is 12.0. The molecule has 19 heavy (non-hydrogen) atoms. The van der Waals surface area contributed by atoms with Crippen LogP contribution in [0.25, 0.3) is 10.9 Å². The number of esters is 1. The molecule has 2 aromatic rings. The average Bonchev–Trinajstić information content (AvgIpc) is 2.42. The molecule has 0 aliphatic heterocycles. The van der Waals surface area contributed by atoms with Gasteiger partial charge < -0.3 is 15.3 Å². The van der Waals surface area contributed by atoms with Gasteiger partial charge in [-0.05, 0) is 25.1 Å². The number of nitrogens with zero attached hydrogens (tertiary/aromatic N) is 1. The van der Waals surface area contributed by atoms with Gasteiger partial charge in [0.1, 0.15) is 5.75 Å². The third kappa shape index (κ3) is 2.24. The third-order valence-corrected chi connectivity index (χ3v) is 2.74. The summed E-state index contributed by atoms with van der Waals surface area (Å²) in [6, 6.07) is 6.04. The number of nitrogens with two attached hydrogens (primary N) is 1. The number of carbonyl (C=O) groups excluding carboxylic acids is 1. The van der Waals surface area contributed by atoms with E-state index in [1.165, 1.54) is 13.2 Å². The summed E-state index contributed by atoms with van der Waals surface area (Å²) in [5.41, 5.74) is 0.152. The largest absolute Gasteiger partial charge is 0.497 e. The van der Waals surface area contributed by atoms with Crippen molar-refractivity contribution in [1.29, 1.82) is 0 Å². The fourth-order valence-corrected chi connectivity index (χ4v) is 1.81. The second kappa shape index (κ2) is 5.01. The molecule has 0 bridgehead atoms. The molecule has 0 spiro atoms. The van der Waals surface area contributed by atoms with Crippen LogP contribution in [0.2, 0.25) is 0 Å². The minimum Gasteiger partial charge on any atom is -0.497 e. The molecule has 0 aliphatic carbocycles. The molecule has 0 amide bonds. The van der Waals surface area contributed by atoms with Gasteiger partial charge in [-0.25, -0.2) is 4.79 Å². The molecule has 2 N–H and O–H groups in total. The van der Waals surface area contributed by atoms with Gasteiger partial charge in [-0.3, -0.25) is 9.47 Å². The number of carbonyl (C=O) groups is 1. The van der Waals surface area contributed by atoms with Crippen molar-refractivity contribution >= 4 is 16.9 Å². The van der Waals surface area contributed by atoms with Gasteiger partial charge in [0.05, 0.1) is 24.6 Å². The molecule has 100 valence electrons. The molecule has 1 aromatic carbocycles. The van der Waals surface area contributed by atoms with Crippen molar-refractivity contribution in [2.75, 3.05) is 19.6 Å². The van der Waals surface area contributed by atoms with Crippen LogP contribution in [0.4, 0.5) is 0 Å². The summed E-state index contributed by atoms with van der Waals surface area (Å²) in [6.07, 6.45) is 0. The first-order valence-corrected chi connectivity index (χ1v) is 5.74. The minimum atomic E-state index is -0.625. The predicted octanol–water partition coefficient (Wildman–Crippen LogP) is 0.901. The topological polar surface area (TPSA) is 83.6 Å². The van der Waals surface area contributed by atoms with E-state index in [-0.39, 0.29) is 17.7 Å². The smallest absolute Gasteiger partial charge is 0.357 e. The quantitative estimate of drug-likeness (QED) is 0.656. The number of hydrogen-bond acceptors (Lipinski definition) is 5. The van der Waals surface area contributed by atoms with Crippen LogP contribution in [0.15, 0.2) is 29.1 Å². The van der Waals surface area contributed by atoms with Gasteiger partial charge in [-0.15, -0.1) is 0 Å². The summed E-state index contributed by atoms with van der Waals surface area (Å²) in [5.74, 6) is 5.77. The molecule has 6 nitrogen and oxygen atoms in total. The van der Waals surface area contributed by atoms with Crippen LogP contribution < -0.4 is 16.0 Å². The Morgan fingerprint density at radius 2 is 2.11 bits per heavy atom. The van der Waals surface area contributed by atoms with Crippen LogP contribution in [-0.2, 0) is 4.74 Å². The predicted molar refractivity (Wildman–Crippen MR) is 70.9 cm³/mol. The van der Waals surface area contributed by atoms with Crippen molar-refractivity contribution in [3.63, 3.8) is 0 Å². The van der Waals surface area contributed by atoms with Crippen molar-refractivity contribution in [2.45, 2.75) is 6.92 Å². The molecular formula is C13H14N2O4. The lowest BCUT2D eigenvalue weighted by Gasteiger charge is -2.11. The number of methoxy groups -OCH3 is 1. The molecule has 0 unspecified atom stereocenters. The molecule has 0 saturated heterocycles. The number of hydrogen-bond donors (Lipinski definition) is 1. The van der Waals surface area contributed by atoms with E-state index in [1.54, 1.807) is 25.1 Å². The van der Waals surface area contributed by atoms with Crippen LogP contribution >= 0.6 is 0 Å². The Morgan fingerprint density at radius 1 is 1.37 bits per heavy atom. The zero-order chi connectivity index (χ0) is 14.0. The average molecular weight is 262 g/mol. The number of rotatable bonds is 3. The number of ether oxygens (including phenoxy) is 2. The normalized spacial score (nSPS) is 10.4. The SMILES string of the molecule is CCOC(=O)c1cc(=O)c2cc(OC)ccc2n1N. The number of aromatic nitrogens is 1. The zero-order valence-corrected chi connectivity index (χ0v) is 10.7. The maximum absolute atomic E-state index is 12.0. The fourth-order valence-electron chi connectivity index (χ4n) is 1.81. The summed E-state index contributed by atoms with van der Waals surface area (Å²) in [5, 5.41) is 0.384. The lowest BCUT2D eigenvalue weighted by Crippen LogP contribution is -2.24. The summed E-state index contributed by atoms with van der Waals surface area (Å²) >= 11 is 0. The molecule has 0 radical (unpaired) electrons. The summed E-state index contributed by atoms with van der Waals surface area (Å²) in [4.78, 5) is 23.7. The van der Waals surface area contributed by atoms with Gasteiger partial charge in [-0.2, -0.15) is 0 Å². The van der Waals surface area contributed by atoms with E-state index >= 15 is 0 Å². The standard InChI is InChI=1S/C13H14N2O4/c1-3-19-13(17)11-7-12(16)9-6-8(18-2)4-5-10(9)15(11)14/h4-7H,3,14H2,1-2H3. The van der Waals surface area contributed by atoms with Crippen molar-refractivity contribution in [3.05, 3.63) is 40.2 Å². The van der Waals surface area contributed by atoms with Crippen LogP contribution in [0.5, 0.6) is 5.75 Å².